The van der Waals surface area contributed by atoms with Crippen molar-refractivity contribution in [2.45, 2.75) is 43.8 Å². The number of carboxylic acid groups (broad SMARTS) is 1. The minimum absolute atomic E-state index is 0.0398. The average Bonchev–Trinajstić information content (AvgIpc) is 2.87. The Morgan fingerprint density at radius 2 is 1.97 bits per heavy atom. The number of carbonyl (C=O) groups excluding carboxylic acids is 1. The molecule has 202 valence electrons. The fourth-order valence-electron chi connectivity index (χ4n) is 4.37. The fourth-order valence-corrected chi connectivity index (χ4v) is 5.95. The number of nitrogens with one attached hydrogen (secondary N) is 1. The van der Waals surface area contributed by atoms with Crippen molar-refractivity contribution in [2.24, 2.45) is 0 Å². The van der Waals surface area contributed by atoms with Crippen LogP contribution in [0.1, 0.15) is 41.3 Å². The number of hydrogen-bond acceptors (Lipinski definition) is 6. The fraction of sp³-hybridized carbons (Fsp3) is 0.440. The molecule has 1 aliphatic rings. The highest BCUT2D eigenvalue weighted by Crippen LogP contribution is 2.31. The highest BCUT2D eigenvalue weighted by Gasteiger charge is 2.27. The summed E-state index contributed by atoms with van der Waals surface area (Å²) in [6, 6.07) is 7.48. The van der Waals surface area contributed by atoms with Gasteiger partial charge in [-0.1, -0.05) is 30.1 Å². The number of methoxy groups -OCH3 is 1. The molecule has 0 aliphatic carbocycles. The summed E-state index contributed by atoms with van der Waals surface area (Å²) in [6.45, 7) is 3.30. The van der Waals surface area contributed by atoms with Crippen molar-refractivity contribution in [1.82, 2.24) is 15.1 Å². The molecule has 0 unspecified atom stereocenters. The number of piperidine rings is 1. The first-order valence-electron chi connectivity index (χ1n) is 11.8. The summed E-state index contributed by atoms with van der Waals surface area (Å²) in [5.74, 6) is -0.0927. The van der Waals surface area contributed by atoms with Gasteiger partial charge in [-0.3, -0.25) is 9.69 Å². The molecule has 3 rings (SSSR count). The van der Waals surface area contributed by atoms with Crippen molar-refractivity contribution in [1.29, 1.82) is 0 Å². The predicted octanol–water partition coefficient (Wildman–Crippen LogP) is 4.30. The number of benzene rings is 2. The summed E-state index contributed by atoms with van der Waals surface area (Å²) < 4.78 is 30.4. The lowest BCUT2D eigenvalue weighted by atomic mass is 10.0. The number of sulfone groups is 1. The Morgan fingerprint density at radius 1 is 1.24 bits per heavy atom. The number of likely N-dealkylation sites (N-methyl/N-ethyl adjacent to an activating group) is 1. The first-order chi connectivity index (χ1) is 17.5. The molecule has 0 bridgehead atoms. The molecule has 1 saturated heterocycles. The molecule has 0 radical (unpaired) electrons. The van der Waals surface area contributed by atoms with Crippen LogP contribution >= 0.6 is 23.2 Å². The summed E-state index contributed by atoms with van der Waals surface area (Å²) in [4.78, 5) is 27.9. The number of halogens is 2. The van der Waals surface area contributed by atoms with Gasteiger partial charge in [-0.05, 0) is 55.3 Å². The summed E-state index contributed by atoms with van der Waals surface area (Å²) in [5.41, 5.74) is 1.35. The van der Waals surface area contributed by atoms with E-state index in [0.29, 0.717) is 40.0 Å². The van der Waals surface area contributed by atoms with Gasteiger partial charge >= 0.3 is 6.09 Å². The zero-order valence-corrected chi connectivity index (χ0v) is 23.3. The maximum atomic E-state index is 13.0. The van der Waals surface area contributed by atoms with Gasteiger partial charge in [0.15, 0.2) is 9.84 Å². The van der Waals surface area contributed by atoms with Crippen molar-refractivity contribution in [3.8, 4) is 5.75 Å². The topological polar surface area (TPSA) is 116 Å². The standard InChI is InChI=1S/C25H31Cl2N3O6S/c1-4-37(34,35)23-8-7-18(26)10-17(23)13-28-24(31)16-11-21(27)20(22(12-16)36-3)15-30-9-5-6-19(14-30)29(2)25(32)33/h7-8,10-12,19H,4-6,9,13-15H2,1-3H3,(H,28,31)(H,32,33)/t19-/m0/s1. The van der Waals surface area contributed by atoms with E-state index < -0.39 is 21.8 Å². The van der Waals surface area contributed by atoms with Crippen molar-refractivity contribution in [3.05, 3.63) is 57.1 Å². The summed E-state index contributed by atoms with van der Waals surface area (Å²) >= 11 is 12.6. The molecule has 37 heavy (non-hydrogen) atoms. The zero-order valence-electron chi connectivity index (χ0n) is 21.0. The van der Waals surface area contributed by atoms with Crippen molar-refractivity contribution in [2.75, 3.05) is 33.0 Å². The molecule has 1 atom stereocenters. The number of likely N-dealkylation sites (tertiary alicyclic amines) is 1. The van der Waals surface area contributed by atoms with Crippen LogP contribution in [-0.2, 0) is 22.9 Å². The lowest BCUT2D eigenvalue weighted by molar-refractivity contribution is 0.0947. The van der Waals surface area contributed by atoms with Gasteiger partial charge in [0.1, 0.15) is 5.75 Å². The lowest BCUT2D eigenvalue weighted by Gasteiger charge is -2.36. The van der Waals surface area contributed by atoms with Gasteiger partial charge in [-0.2, -0.15) is 0 Å². The highest BCUT2D eigenvalue weighted by atomic mass is 35.5. The largest absolute Gasteiger partial charge is 0.496 e. The number of amides is 2. The van der Waals surface area contributed by atoms with Crippen LogP contribution in [0, 0.1) is 0 Å². The minimum Gasteiger partial charge on any atom is -0.496 e. The SMILES string of the molecule is CCS(=O)(=O)c1ccc(Cl)cc1CNC(=O)c1cc(Cl)c(CN2CCC[C@H](N(C)C(=O)O)C2)c(OC)c1. The van der Waals surface area contributed by atoms with Crippen LogP contribution in [0.4, 0.5) is 4.79 Å². The number of rotatable bonds is 9. The molecule has 2 N–H and O–H groups in total. The summed E-state index contributed by atoms with van der Waals surface area (Å²) in [7, 11) is -0.442. The Balaban J connectivity index is 1.77. The van der Waals surface area contributed by atoms with E-state index in [1.807, 2.05) is 0 Å². The smallest absolute Gasteiger partial charge is 0.407 e. The monoisotopic (exact) mass is 571 g/mol. The molecule has 1 heterocycles. The second-order valence-corrected chi connectivity index (χ2v) is 12.0. The maximum absolute atomic E-state index is 13.0. The van der Waals surface area contributed by atoms with Crippen LogP contribution in [0.25, 0.3) is 0 Å². The predicted molar refractivity (Wildman–Crippen MR) is 142 cm³/mol. The Morgan fingerprint density at radius 3 is 2.62 bits per heavy atom. The summed E-state index contributed by atoms with van der Waals surface area (Å²) in [5, 5.41) is 12.8. The van der Waals surface area contributed by atoms with E-state index in [9.17, 15) is 23.1 Å². The minimum atomic E-state index is -3.50. The third-order valence-electron chi connectivity index (χ3n) is 6.53. The number of carbonyl (C=O) groups is 2. The molecule has 1 aliphatic heterocycles. The van der Waals surface area contributed by atoms with Gasteiger partial charge in [0.2, 0.25) is 0 Å². The number of ether oxygens (including phenoxy) is 1. The van der Waals surface area contributed by atoms with Crippen LogP contribution in [0.5, 0.6) is 5.75 Å². The van der Waals surface area contributed by atoms with Gasteiger partial charge in [0.25, 0.3) is 5.91 Å². The molecule has 9 nitrogen and oxygen atoms in total. The van der Waals surface area contributed by atoms with Crippen LogP contribution < -0.4 is 10.1 Å². The second-order valence-electron chi connectivity index (χ2n) is 8.90. The molecule has 2 amide bonds. The average molecular weight is 573 g/mol. The normalized spacial score (nSPS) is 16.3. The van der Waals surface area contributed by atoms with Gasteiger partial charge < -0.3 is 20.1 Å². The first kappa shape index (κ1) is 29.0. The molecule has 0 aromatic heterocycles. The van der Waals surface area contributed by atoms with Crippen LogP contribution in [-0.4, -0.2) is 74.4 Å². The molecule has 0 saturated carbocycles. The first-order valence-corrected chi connectivity index (χ1v) is 14.2. The molecular weight excluding hydrogens is 541 g/mol. The zero-order chi connectivity index (χ0) is 27.3. The van der Waals surface area contributed by atoms with E-state index in [4.69, 9.17) is 27.9 Å². The molecule has 2 aromatic carbocycles. The Kier molecular flexibility index (Phi) is 9.68. The Hall–Kier alpha value is -2.53. The van der Waals surface area contributed by atoms with Gasteiger partial charge in [-0.25, -0.2) is 13.2 Å². The van der Waals surface area contributed by atoms with Crippen molar-refractivity contribution < 1.29 is 27.9 Å². The van der Waals surface area contributed by atoms with E-state index in [1.165, 1.54) is 30.2 Å². The number of nitrogens with zero attached hydrogens (tertiary/aromatic N) is 2. The third-order valence-corrected chi connectivity index (χ3v) is 8.93. The van der Waals surface area contributed by atoms with Crippen LogP contribution in [0.2, 0.25) is 10.0 Å². The van der Waals surface area contributed by atoms with E-state index in [2.05, 4.69) is 10.2 Å². The van der Waals surface area contributed by atoms with Crippen molar-refractivity contribution in [3.63, 3.8) is 0 Å². The van der Waals surface area contributed by atoms with E-state index in [0.717, 1.165) is 19.4 Å². The molecule has 2 aromatic rings. The molecule has 1 fully saturated rings. The molecule has 0 spiro atoms. The van der Waals surface area contributed by atoms with Gasteiger partial charge in [-0.15, -0.1) is 0 Å². The number of hydrogen-bond donors (Lipinski definition) is 2. The van der Waals surface area contributed by atoms with E-state index >= 15 is 0 Å². The quantitative estimate of drug-likeness (QED) is 0.460. The van der Waals surface area contributed by atoms with Crippen LogP contribution in [0.15, 0.2) is 35.2 Å². The Labute approximate surface area is 227 Å². The highest BCUT2D eigenvalue weighted by molar-refractivity contribution is 7.91. The third kappa shape index (κ3) is 7.07. The van der Waals surface area contributed by atoms with Crippen LogP contribution in [0.3, 0.4) is 0 Å². The maximum Gasteiger partial charge on any atom is 0.407 e. The van der Waals surface area contributed by atoms with Gasteiger partial charge in [0, 0.05) is 53.9 Å². The lowest BCUT2D eigenvalue weighted by Crippen LogP contribution is -2.47. The summed E-state index contributed by atoms with van der Waals surface area (Å²) in [6.07, 6.45) is 0.675. The van der Waals surface area contributed by atoms with Gasteiger partial charge in [0.05, 0.1) is 17.8 Å². The van der Waals surface area contributed by atoms with Crippen molar-refractivity contribution >= 4 is 45.0 Å². The molecular formula is C25H31Cl2N3O6S. The molecule has 12 heteroatoms. The Bertz CT molecular complexity index is 1270. The van der Waals surface area contributed by atoms with E-state index in [-0.39, 0.29) is 28.8 Å². The van der Waals surface area contributed by atoms with E-state index in [1.54, 1.807) is 26.1 Å². The second kappa shape index (κ2) is 12.3.